The molecule has 0 radical (unpaired) electrons. The minimum atomic E-state index is -0.186. The zero-order valence-corrected chi connectivity index (χ0v) is 15.4. The van der Waals surface area contributed by atoms with Crippen molar-refractivity contribution in [1.82, 2.24) is 5.32 Å². The van der Waals surface area contributed by atoms with E-state index in [9.17, 15) is 4.79 Å². The van der Waals surface area contributed by atoms with Crippen LogP contribution in [-0.2, 0) is 4.79 Å². The summed E-state index contributed by atoms with van der Waals surface area (Å²) in [5, 5.41) is 2.96. The standard InChI is InChI=1S/C20H25NO4/c1-13-6-7-19(14(2)8-13)15(3)21-20(22)12-25-18-10-16(23-4)9-17(11-18)24-5/h6-11,15H,12H2,1-5H3,(H,21,22). The summed E-state index contributed by atoms with van der Waals surface area (Å²) in [7, 11) is 3.13. The second-order valence-electron chi connectivity index (χ2n) is 5.99. The van der Waals surface area contributed by atoms with Crippen LogP contribution in [0.2, 0.25) is 0 Å². The number of hydrogen-bond acceptors (Lipinski definition) is 4. The van der Waals surface area contributed by atoms with Gasteiger partial charge < -0.3 is 19.5 Å². The summed E-state index contributed by atoms with van der Waals surface area (Å²) in [6, 6.07) is 11.3. The lowest BCUT2D eigenvalue weighted by Crippen LogP contribution is -2.31. The molecule has 0 saturated carbocycles. The number of hydrogen-bond donors (Lipinski definition) is 1. The lowest BCUT2D eigenvalue weighted by Gasteiger charge is -2.17. The van der Waals surface area contributed by atoms with Crippen molar-refractivity contribution in [1.29, 1.82) is 0 Å². The summed E-state index contributed by atoms with van der Waals surface area (Å²) in [6.07, 6.45) is 0. The fourth-order valence-corrected chi connectivity index (χ4v) is 2.69. The van der Waals surface area contributed by atoms with Crippen molar-refractivity contribution in [2.45, 2.75) is 26.8 Å². The molecule has 2 rings (SSSR count). The molecule has 134 valence electrons. The number of benzene rings is 2. The van der Waals surface area contributed by atoms with Crippen LogP contribution in [0.25, 0.3) is 0 Å². The van der Waals surface area contributed by atoms with E-state index in [1.54, 1.807) is 32.4 Å². The summed E-state index contributed by atoms with van der Waals surface area (Å²) in [4.78, 5) is 12.2. The van der Waals surface area contributed by atoms with Crippen molar-refractivity contribution in [2.75, 3.05) is 20.8 Å². The third kappa shape index (κ3) is 5.14. The van der Waals surface area contributed by atoms with E-state index in [2.05, 4.69) is 18.3 Å². The van der Waals surface area contributed by atoms with Gasteiger partial charge in [-0.05, 0) is 31.9 Å². The van der Waals surface area contributed by atoms with Gasteiger partial charge in [-0.15, -0.1) is 0 Å². The van der Waals surface area contributed by atoms with Crippen LogP contribution in [0.1, 0.15) is 29.7 Å². The lowest BCUT2D eigenvalue weighted by atomic mass is 10.0. The number of carbonyl (C=O) groups excluding carboxylic acids is 1. The highest BCUT2D eigenvalue weighted by Crippen LogP contribution is 2.27. The summed E-state index contributed by atoms with van der Waals surface area (Å²) >= 11 is 0. The van der Waals surface area contributed by atoms with E-state index in [-0.39, 0.29) is 18.6 Å². The summed E-state index contributed by atoms with van der Waals surface area (Å²) in [6.45, 7) is 5.98. The third-order valence-corrected chi connectivity index (χ3v) is 3.96. The highest BCUT2D eigenvalue weighted by Gasteiger charge is 2.13. The SMILES string of the molecule is COc1cc(OC)cc(OCC(=O)NC(C)c2ccc(C)cc2C)c1. The predicted octanol–water partition coefficient (Wildman–Crippen LogP) is 3.58. The lowest BCUT2D eigenvalue weighted by molar-refractivity contribution is -0.123. The third-order valence-electron chi connectivity index (χ3n) is 3.96. The zero-order valence-electron chi connectivity index (χ0n) is 15.4. The molecular weight excluding hydrogens is 318 g/mol. The molecule has 0 bridgehead atoms. The molecule has 25 heavy (non-hydrogen) atoms. The van der Waals surface area contributed by atoms with Crippen LogP contribution in [0, 0.1) is 13.8 Å². The van der Waals surface area contributed by atoms with E-state index >= 15 is 0 Å². The molecule has 2 aromatic carbocycles. The molecule has 0 heterocycles. The number of nitrogens with one attached hydrogen (secondary N) is 1. The van der Waals surface area contributed by atoms with Crippen molar-refractivity contribution in [3.05, 3.63) is 53.1 Å². The quantitative estimate of drug-likeness (QED) is 0.835. The maximum absolute atomic E-state index is 12.2. The van der Waals surface area contributed by atoms with Crippen LogP contribution in [0.15, 0.2) is 36.4 Å². The van der Waals surface area contributed by atoms with Gasteiger partial charge in [-0.1, -0.05) is 23.8 Å². The maximum atomic E-state index is 12.2. The van der Waals surface area contributed by atoms with Crippen molar-refractivity contribution < 1.29 is 19.0 Å². The van der Waals surface area contributed by atoms with Crippen LogP contribution >= 0.6 is 0 Å². The van der Waals surface area contributed by atoms with Gasteiger partial charge in [0.1, 0.15) is 17.2 Å². The van der Waals surface area contributed by atoms with Gasteiger partial charge in [0.05, 0.1) is 20.3 Å². The Kier molecular flexibility index (Phi) is 6.28. The molecule has 0 aliphatic carbocycles. The van der Waals surface area contributed by atoms with E-state index in [1.165, 1.54) is 5.56 Å². The Morgan fingerprint density at radius 1 is 1.00 bits per heavy atom. The Morgan fingerprint density at radius 2 is 1.60 bits per heavy atom. The topological polar surface area (TPSA) is 56.8 Å². The average molecular weight is 343 g/mol. The van der Waals surface area contributed by atoms with Gasteiger partial charge in [0.2, 0.25) is 0 Å². The molecule has 1 atom stereocenters. The molecular formula is C20H25NO4. The molecule has 2 aromatic rings. The van der Waals surface area contributed by atoms with E-state index < -0.39 is 0 Å². The first kappa shape index (κ1) is 18.6. The molecule has 0 saturated heterocycles. The normalized spacial score (nSPS) is 11.6. The molecule has 0 aromatic heterocycles. The van der Waals surface area contributed by atoms with Crippen molar-refractivity contribution in [3.8, 4) is 17.2 Å². The molecule has 5 nitrogen and oxygen atoms in total. The zero-order chi connectivity index (χ0) is 18.4. The smallest absolute Gasteiger partial charge is 0.258 e. The summed E-state index contributed by atoms with van der Waals surface area (Å²) in [5.41, 5.74) is 3.46. The van der Waals surface area contributed by atoms with Crippen LogP contribution in [0.5, 0.6) is 17.2 Å². The molecule has 0 spiro atoms. The van der Waals surface area contributed by atoms with Gasteiger partial charge in [0.25, 0.3) is 5.91 Å². The summed E-state index contributed by atoms with van der Waals surface area (Å²) in [5.74, 6) is 1.55. The largest absolute Gasteiger partial charge is 0.496 e. The van der Waals surface area contributed by atoms with Gasteiger partial charge in [0.15, 0.2) is 6.61 Å². The number of ether oxygens (including phenoxy) is 3. The van der Waals surface area contributed by atoms with E-state index in [0.717, 1.165) is 11.1 Å². The molecule has 1 unspecified atom stereocenters. The molecule has 0 aliphatic heterocycles. The second kappa shape index (κ2) is 8.42. The van der Waals surface area contributed by atoms with Crippen LogP contribution in [0.3, 0.4) is 0 Å². The monoisotopic (exact) mass is 343 g/mol. The predicted molar refractivity (Wildman–Crippen MR) is 97.5 cm³/mol. The van der Waals surface area contributed by atoms with Gasteiger partial charge in [-0.2, -0.15) is 0 Å². The molecule has 1 amide bonds. The van der Waals surface area contributed by atoms with Gasteiger partial charge >= 0.3 is 0 Å². The van der Waals surface area contributed by atoms with E-state index in [4.69, 9.17) is 14.2 Å². The van der Waals surface area contributed by atoms with E-state index in [1.807, 2.05) is 26.0 Å². The average Bonchev–Trinajstić information content (AvgIpc) is 2.59. The maximum Gasteiger partial charge on any atom is 0.258 e. The fourth-order valence-electron chi connectivity index (χ4n) is 2.69. The number of methoxy groups -OCH3 is 2. The fraction of sp³-hybridized carbons (Fsp3) is 0.350. The van der Waals surface area contributed by atoms with E-state index in [0.29, 0.717) is 17.2 Å². The highest BCUT2D eigenvalue weighted by molar-refractivity contribution is 5.78. The molecule has 0 fully saturated rings. The Labute approximate surface area is 148 Å². The first-order chi connectivity index (χ1) is 11.9. The number of aryl methyl sites for hydroxylation is 2. The number of amides is 1. The van der Waals surface area contributed by atoms with Crippen molar-refractivity contribution in [3.63, 3.8) is 0 Å². The van der Waals surface area contributed by atoms with Gasteiger partial charge in [-0.3, -0.25) is 4.79 Å². The Hall–Kier alpha value is -2.69. The number of carbonyl (C=O) groups is 1. The van der Waals surface area contributed by atoms with Crippen LogP contribution in [0.4, 0.5) is 0 Å². The molecule has 0 aliphatic rings. The molecule has 1 N–H and O–H groups in total. The Bertz CT molecular complexity index is 720. The van der Waals surface area contributed by atoms with Crippen LogP contribution < -0.4 is 19.5 Å². The first-order valence-electron chi connectivity index (χ1n) is 8.15. The minimum Gasteiger partial charge on any atom is -0.496 e. The van der Waals surface area contributed by atoms with Crippen molar-refractivity contribution >= 4 is 5.91 Å². The highest BCUT2D eigenvalue weighted by atomic mass is 16.5. The van der Waals surface area contributed by atoms with Crippen LogP contribution in [-0.4, -0.2) is 26.7 Å². The van der Waals surface area contributed by atoms with Gasteiger partial charge in [0, 0.05) is 18.2 Å². The first-order valence-corrected chi connectivity index (χ1v) is 8.15. The summed E-state index contributed by atoms with van der Waals surface area (Å²) < 4.78 is 15.9. The minimum absolute atomic E-state index is 0.0778. The van der Waals surface area contributed by atoms with Gasteiger partial charge in [-0.25, -0.2) is 0 Å². The van der Waals surface area contributed by atoms with Crippen molar-refractivity contribution in [2.24, 2.45) is 0 Å². The second-order valence-corrected chi connectivity index (χ2v) is 5.99. The molecule has 5 heteroatoms. The number of rotatable bonds is 7. The Balaban J connectivity index is 1.96. The Morgan fingerprint density at radius 3 is 2.16 bits per heavy atom.